The van der Waals surface area contributed by atoms with Gasteiger partial charge in [-0.25, -0.2) is 0 Å². The first-order valence-corrected chi connectivity index (χ1v) is 12.8. The molecular formula is C27H29N3O3S. The third-order valence-corrected chi connectivity index (χ3v) is 8.18. The van der Waals surface area contributed by atoms with Crippen LogP contribution in [0.25, 0.3) is 0 Å². The Morgan fingerprint density at radius 3 is 2.56 bits per heavy atom. The average Bonchev–Trinajstić information content (AvgIpc) is 3.26. The molecule has 7 heteroatoms. The van der Waals surface area contributed by atoms with E-state index in [2.05, 4.69) is 39.9 Å². The molecule has 6 nitrogen and oxygen atoms in total. The summed E-state index contributed by atoms with van der Waals surface area (Å²) in [4.78, 5) is 31.7. The predicted octanol–water partition coefficient (Wildman–Crippen LogP) is 4.75. The van der Waals surface area contributed by atoms with Crippen molar-refractivity contribution in [1.82, 2.24) is 10.3 Å². The van der Waals surface area contributed by atoms with E-state index in [1.165, 1.54) is 28.0 Å². The molecule has 1 saturated heterocycles. The summed E-state index contributed by atoms with van der Waals surface area (Å²) < 4.78 is 5.64. The maximum Gasteiger partial charge on any atom is 0.257 e. The lowest BCUT2D eigenvalue weighted by Gasteiger charge is -2.38. The minimum Gasteiger partial charge on any atom is -0.381 e. The van der Waals surface area contributed by atoms with Crippen LogP contribution >= 0.6 is 11.3 Å². The van der Waals surface area contributed by atoms with Gasteiger partial charge in [-0.2, -0.15) is 0 Å². The van der Waals surface area contributed by atoms with Crippen molar-refractivity contribution in [2.24, 2.45) is 0 Å². The molecule has 1 fully saturated rings. The molecule has 2 aromatic heterocycles. The van der Waals surface area contributed by atoms with Crippen molar-refractivity contribution in [3.8, 4) is 0 Å². The van der Waals surface area contributed by atoms with Crippen LogP contribution in [0.1, 0.15) is 62.4 Å². The molecule has 0 saturated carbocycles. The average molecular weight is 476 g/mol. The number of pyridine rings is 1. The predicted molar refractivity (Wildman–Crippen MR) is 134 cm³/mol. The van der Waals surface area contributed by atoms with Crippen LogP contribution in [-0.2, 0) is 23.0 Å². The molecule has 0 spiro atoms. The van der Waals surface area contributed by atoms with Gasteiger partial charge in [0.2, 0.25) is 0 Å². The van der Waals surface area contributed by atoms with Gasteiger partial charge in [-0.15, -0.1) is 11.3 Å². The normalized spacial score (nSPS) is 16.9. The van der Waals surface area contributed by atoms with Crippen LogP contribution in [0.2, 0.25) is 0 Å². The number of benzene rings is 1. The SMILES string of the molecule is O=C(Nc1sc2c(c1C(=O)NCC1(c3ccccc3)CCOCC1)CCCC2)c1cccnc1. The van der Waals surface area contributed by atoms with Gasteiger partial charge in [0.15, 0.2) is 0 Å². The highest BCUT2D eigenvalue weighted by Crippen LogP contribution is 2.39. The highest BCUT2D eigenvalue weighted by molar-refractivity contribution is 7.17. The van der Waals surface area contributed by atoms with Gasteiger partial charge in [0.05, 0.1) is 11.1 Å². The van der Waals surface area contributed by atoms with Crippen molar-refractivity contribution in [3.05, 3.63) is 82.0 Å². The molecule has 0 unspecified atom stereocenters. The number of nitrogens with one attached hydrogen (secondary N) is 2. The van der Waals surface area contributed by atoms with Gasteiger partial charge in [0.25, 0.3) is 11.8 Å². The quantitative estimate of drug-likeness (QED) is 0.539. The van der Waals surface area contributed by atoms with Gasteiger partial charge in [0.1, 0.15) is 5.00 Å². The third kappa shape index (κ3) is 4.63. The summed E-state index contributed by atoms with van der Waals surface area (Å²) in [5.74, 6) is -0.353. The van der Waals surface area contributed by atoms with Gasteiger partial charge in [-0.05, 0) is 61.8 Å². The lowest BCUT2D eigenvalue weighted by molar-refractivity contribution is 0.0487. The van der Waals surface area contributed by atoms with Gasteiger partial charge in [0, 0.05) is 42.4 Å². The molecule has 176 valence electrons. The number of rotatable bonds is 6. The van der Waals surface area contributed by atoms with Crippen LogP contribution in [-0.4, -0.2) is 36.6 Å². The molecule has 0 atom stereocenters. The van der Waals surface area contributed by atoms with E-state index >= 15 is 0 Å². The largest absolute Gasteiger partial charge is 0.381 e. The number of hydrogen-bond acceptors (Lipinski definition) is 5. The van der Waals surface area contributed by atoms with Crippen molar-refractivity contribution in [3.63, 3.8) is 0 Å². The maximum atomic E-state index is 13.6. The summed E-state index contributed by atoms with van der Waals surface area (Å²) in [7, 11) is 0. The van der Waals surface area contributed by atoms with E-state index < -0.39 is 0 Å². The van der Waals surface area contributed by atoms with Crippen LogP contribution in [0.5, 0.6) is 0 Å². The molecule has 3 aromatic rings. The van der Waals surface area contributed by atoms with Crippen LogP contribution < -0.4 is 10.6 Å². The Morgan fingerprint density at radius 2 is 1.79 bits per heavy atom. The fourth-order valence-corrected chi connectivity index (χ4v) is 6.31. The number of hydrogen-bond donors (Lipinski definition) is 2. The molecule has 2 amide bonds. The molecule has 3 heterocycles. The molecule has 1 aliphatic heterocycles. The highest BCUT2D eigenvalue weighted by Gasteiger charge is 2.36. The molecule has 2 N–H and O–H groups in total. The number of nitrogens with zero attached hydrogens (tertiary/aromatic N) is 1. The zero-order valence-corrected chi connectivity index (χ0v) is 20.0. The van der Waals surface area contributed by atoms with Crippen molar-refractivity contribution >= 4 is 28.2 Å². The summed E-state index contributed by atoms with van der Waals surface area (Å²) in [5.41, 5.74) is 3.29. The second-order valence-corrected chi connectivity index (χ2v) is 10.2. The smallest absolute Gasteiger partial charge is 0.257 e. The van der Waals surface area contributed by atoms with E-state index in [-0.39, 0.29) is 17.2 Å². The standard InChI is InChI=1S/C27H29N3O3S/c31-24(19-7-6-14-28-17-19)30-26-23(21-10-4-5-11-22(21)34-26)25(32)29-18-27(12-15-33-16-13-27)20-8-2-1-3-9-20/h1-3,6-9,14,17H,4-5,10-13,15-16,18H2,(H,29,32)(H,30,31). The summed E-state index contributed by atoms with van der Waals surface area (Å²) in [6, 6.07) is 13.9. The summed E-state index contributed by atoms with van der Waals surface area (Å²) >= 11 is 1.54. The van der Waals surface area contributed by atoms with Gasteiger partial charge < -0.3 is 15.4 Å². The Morgan fingerprint density at radius 1 is 1.00 bits per heavy atom. The molecule has 0 bridgehead atoms. The lowest BCUT2D eigenvalue weighted by Crippen LogP contribution is -2.44. The first kappa shape index (κ1) is 22.7. The number of anilines is 1. The summed E-state index contributed by atoms with van der Waals surface area (Å²) in [6.45, 7) is 1.91. The molecule has 5 rings (SSSR count). The van der Waals surface area contributed by atoms with E-state index in [0.29, 0.717) is 35.9 Å². The minimum atomic E-state index is -0.245. The number of carbonyl (C=O) groups excluding carboxylic acids is 2. The molecule has 0 radical (unpaired) electrons. The molecular weight excluding hydrogens is 446 g/mol. The minimum absolute atomic E-state index is 0.109. The van der Waals surface area contributed by atoms with E-state index in [9.17, 15) is 9.59 Å². The lowest BCUT2D eigenvalue weighted by atomic mass is 9.74. The number of carbonyl (C=O) groups is 2. The second kappa shape index (κ2) is 10.1. The van der Waals surface area contributed by atoms with Crippen molar-refractivity contribution < 1.29 is 14.3 Å². The van der Waals surface area contributed by atoms with Crippen molar-refractivity contribution in [1.29, 1.82) is 0 Å². The Balaban J connectivity index is 1.40. The Kier molecular flexibility index (Phi) is 6.74. The van der Waals surface area contributed by atoms with Gasteiger partial charge in [-0.3, -0.25) is 14.6 Å². The Hall–Kier alpha value is -3.03. The van der Waals surface area contributed by atoms with Crippen LogP contribution in [0, 0.1) is 0 Å². The van der Waals surface area contributed by atoms with Crippen LogP contribution in [0.3, 0.4) is 0 Å². The third-order valence-electron chi connectivity index (χ3n) is 6.97. The van der Waals surface area contributed by atoms with E-state index in [0.717, 1.165) is 44.1 Å². The maximum absolute atomic E-state index is 13.6. The van der Waals surface area contributed by atoms with Gasteiger partial charge >= 0.3 is 0 Å². The fourth-order valence-electron chi connectivity index (χ4n) is 5.03. The van der Waals surface area contributed by atoms with E-state index in [4.69, 9.17) is 4.74 Å². The summed E-state index contributed by atoms with van der Waals surface area (Å²) in [5, 5.41) is 6.89. The molecule has 1 aromatic carbocycles. The van der Waals surface area contributed by atoms with Crippen molar-refractivity contribution in [2.45, 2.75) is 43.9 Å². The number of aromatic nitrogens is 1. The summed E-state index contributed by atoms with van der Waals surface area (Å²) in [6.07, 6.45) is 8.90. The number of amides is 2. The second-order valence-electron chi connectivity index (χ2n) is 9.05. The zero-order chi connectivity index (χ0) is 23.4. The molecule has 34 heavy (non-hydrogen) atoms. The van der Waals surface area contributed by atoms with E-state index in [1.807, 2.05) is 6.07 Å². The van der Waals surface area contributed by atoms with Crippen molar-refractivity contribution in [2.75, 3.05) is 25.1 Å². The Labute approximate surface area is 203 Å². The monoisotopic (exact) mass is 475 g/mol. The molecule has 1 aliphatic carbocycles. The number of thiophene rings is 1. The zero-order valence-electron chi connectivity index (χ0n) is 19.1. The molecule has 2 aliphatic rings. The van der Waals surface area contributed by atoms with Crippen LogP contribution in [0.15, 0.2) is 54.9 Å². The van der Waals surface area contributed by atoms with E-state index in [1.54, 1.807) is 18.3 Å². The fraction of sp³-hybridized carbons (Fsp3) is 0.370. The number of fused-ring (bicyclic) bond motifs is 1. The number of aryl methyl sites for hydroxylation is 1. The first-order valence-electron chi connectivity index (χ1n) is 11.9. The van der Waals surface area contributed by atoms with Crippen LogP contribution in [0.4, 0.5) is 5.00 Å². The Bertz CT molecular complexity index is 1150. The first-order chi connectivity index (χ1) is 16.7. The number of ether oxygens (including phenoxy) is 1. The highest BCUT2D eigenvalue weighted by atomic mass is 32.1. The topological polar surface area (TPSA) is 80.3 Å². The van der Waals surface area contributed by atoms with Gasteiger partial charge in [-0.1, -0.05) is 30.3 Å².